The largest absolute Gasteiger partial charge is 0.399 e. The van der Waals surface area contributed by atoms with Crippen LogP contribution >= 0.6 is 0 Å². The lowest BCUT2D eigenvalue weighted by Crippen LogP contribution is -2.46. The van der Waals surface area contributed by atoms with Gasteiger partial charge in [-0.2, -0.15) is 0 Å². The summed E-state index contributed by atoms with van der Waals surface area (Å²) in [7, 11) is 3.43. The molecule has 1 unspecified atom stereocenters. The Labute approximate surface area is 97.5 Å². The normalized spacial score (nSPS) is 24.5. The number of allylic oxidation sites excluding steroid dienone is 1. The highest BCUT2D eigenvalue weighted by molar-refractivity contribution is 5.27. The van der Waals surface area contributed by atoms with Gasteiger partial charge in [0.2, 0.25) is 0 Å². The van der Waals surface area contributed by atoms with Gasteiger partial charge < -0.3 is 20.5 Å². The minimum Gasteiger partial charge on any atom is -0.399 e. The lowest BCUT2D eigenvalue weighted by atomic mass is 9.87. The fraction of sp³-hybridized carbons (Fsp3) is 0.667. The third-order valence-corrected chi connectivity index (χ3v) is 2.83. The number of nitrogens with two attached hydrogens (primary N) is 1. The topological polar surface area (TPSA) is 56.5 Å². The minimum atomic E-state index is -0.0303. The number of ether oxygens (including phenoxy) is 2. The second-order valence-corrected chi connectivity index (χ2v) is 4.06. The van der Waals surface area contributed by atoms with E-state index in [0.29, 0.717) is 6.61 Å². The molecule has 0 aliphatic heterocycles. The van der Waals surface area contributed by atoms with Crippen LogP contribution in [0.25, 0.3) is 0 Å². The van der Waals surface area contributed by atoms with E-state index in [4.69, 9.17) is 15.2 Å². The molecule has 0 aromatic carbocycles. The van der Waals surface area contributed by atoms with Crippen molar-refractivity contribution in [3.8, 4) is 0 Å². The molecule has 1 rings (SSSR count). The van der Waals surface area contributed by atoms with Gasteiger partial charge in [-0.15, -0.1) is 0 Å². The van der Waals surface area contributed by atoms with Gasteiger partial charge in [-0.1, -0.05) is 12.2 Å². The van der Waals surface area contributed by atoms with Crippen molar-refractivity contribution in [3.05, 3.63) is 23.9 Å². The maximum Gasteiger partial charge on any atom is 0.0587 e. The molecule has 16 heavy (non-hydrogen) atoms. The average molecular weight is 226 g/mol. The number of nitrogens with one attached hydrogen (secondary N) is 1. The number of hydrogen-bond acceptors (Lipinski definition) is 4. The standard InChI is InChI=1S/C12H22N2O2/c1-15-9-7-12(14-8-10-16-2)5-3-11(13)4-6-12/h3-5,14H,6-10,13H2,1-2H3. The molecule has 0 fully saturated rings. The van der Waals surface area contributed by atoms with Crippen molar-refractivity contribution in [1.82, 2.24) is 5.32 Å². The third-order valence-electron chi connectivity index (χ3n) is 2.83. The van der Waals surface area contributed by atoms with Crippen molar-refractivity contribution in [2.75, 3.05) is 34.0 Å². The van der Waals surface area contributed by atoms with E-state index in [1.807, 2.05) is 6.08 Å². The molecule has 1 aliphatic carbocycles. The van der Waals surface area contributed by atoms with E-state index in [1.165, 1.54) is 0 Å². The van der Waals surface area contributed by atoms with E-state index < -0.39 is 0 Å². The Morgan fingerprint density at radius 1 is 1.38 bits per heavy atom. The van der Waals surface area contributed by atoms with Crippen molar-refractivity contribution in [2.45, 2.75) is 18.4 Å². The molecule has 0 saturated carbocycles. The summed E-state index contributed by atoms with van der Waals surface area (Å²) in [5.41, 5.74) is 6.53. The van der Waals surface area contributed by atoms with Gasteiger partial charge >= 0.3 is 0 Å². The lowest BCUT2D eigenvalue weighted by molar-refractivity contribution is 0.155. The zero-order valence-corrected chi connectivity index (χ0v) is 10.2. The van der Waals surface area contributed by atoms with E-state index in [0.717, 1.165) is 31.7 Å². The molecule has 0 heterocycles. The second-order valence-electron chi connectivity index (χ2n) is 4.06. The van der Waals surface area contributed by atoms with Crippen molar-refractivity contribution in [3.63, 3.8) is 0 Å². The molecule has 92 valence electrons. The van der Waals surface area contributed by atoms with E-state index in [1.54, 1.807) is 14.2 Å². The zero-order valence-electron chi connectivity index (χ0n) is 10.2. The summed E-state index contributed by atoms with van der Waals surface area (Å²) in [5, 5.41) is 3.50. The molecule has 4 heteroatoms. The maximum absolute atomic E-state index is 5.73. The van der Waals surface area contributed by atoms with Crippen molar-refractivity contribution in [2.24, 2.45) is 5.73 Å². The molecular formula is C12H22N2O2. The fourth-order valence-corrected chi connectivity index (χ4v) is 1.78. The molecule has 0 aromatic heterocycles. The van der Waals surface area contributed by atoms with E-state index >= 15 is 0 Å². The van der Waals surface area contributed by atoms with Crippen LogP contribution in [0.5, 0.6) is 0 Å². The van der Waals surface area contributed by atoms with Gasteiger partial charge in [-0.25, -0.2) is 0 Å². The SMILES string of the molecule is COCCNC1(CCOC)C=CC(N)=CC1. The Morgan fingerprint density at radius 2 is 2.12 bits per heavy atom. The summed E-state index contributed by atoms with van der Waals surface area (Å²) >= 11 is 0. The molecule has 0 amide bonds. The summed E-state index contributed by atoms with van der Waals surface area (Å²) in [4.78, 5) is 0. The molecule has 1 aliphatic rings. The first-order valence-electron chi connectivity index (χ1n) is 5.60. The van der Waals surface area contributed by atoms with Gasteiger partial charge in [0.05, 0.1) is 6.61 Å². The van der Waals surface area contributed by atoms with Crippen LogP contribution in [0.2, 0.25) is 0 Å². The highest BCUT2D eigenvalue weighted by Crippen LogP contribution is 2.23. The molecular weight excluding hydrogens is 204 g/mol. The predicted octanol–water partition coefficient (Wildman–Crippen LogP) is 0.800. The zero-order chi connectivity index (χ0) is 11.9. The number of hydrogen-bond donors (Lipinski definition) is 2. The summed E-state index contributed by atoms with van der Waals surface area (Å²) in [6, 6.07) is 0. The van der Waals surface area contributed by atoms with Crippen LogP contribution in [-0.2, 0) is 9.47 Å². The fourth-order valence-electron chi connectivity index (χ4n) is 1.78. The Kier molecular flexibility index (Phi) is 5.52. The molecule has 4 nitrogen and oxygen atoms in total. The highest BCUT2D eigenvalue weighted by Gasteiger charge is 2.26. The van der Waals surface area contributed by atoms with E-state index in [-0.39, 0.29) is 5.54 Å². The Balaban J connectivity index is 2.52. The molecule has 0 aromatic rings. The molecule has 1 atom stereocenters. The van der Waals surface area contributed by atoms with Crippen LogP contribution in [-0.4, -0.2) is 39.5 Å². The summed E-state index contributed by atoms with van der Waals surface area (Å²) in [6.07, 6.45) is 7.99. The van der Waals surface area contributed by atoms with Gasteiger partial charge in [-0.05, 0) is 18.9 Å². The van der Waals surface area contributed by atoms with Crippen molar-refractivity contribution >= 4 is 0 Å². The Hall–Kier alpha value is -0.840. The van der Waals surface area contributed by atoms with Gasteiger partial charge in [0, 0.05) is 38.6 Å². The summed E-state index contributed by atoms with van der Waals surface area (Å²) in [5.74, 6) is 0. The average Bonchev–Trinajstić information content (AvgIpc) is 2.31. The second kappa shape index (κ2) is 6.68. The minimum absolute atomic E-state index is 0.0303. The summed E-state index contributed by atoms with van der Waals surface area (Å²) in [6.45, 7) is 2.28. The Bertz CT molecular complexity index is 264. The van der Waals surface area contributed by atoms with Gasteiger partial charge in [0.15, 0.2) is 0 Å². The molecule has 0 bridgehead atoms. The lowest BCUT2D eigenvalue weighted by Gasteiger charge is -2.33. The van der Waals surface area contributed by atoms with Crippen LogP contribution < -0.4 is 11.1 Å². The first-order valence-corrected chi connectivity index (χ1v) is 5.60. The molecule has 3 N–H and O–H groups in total. The van der Waals surface area contributed by atoms with Gasteiger partial charge in [0.1, 0.15) is 0 Å². The highest BCUT2D eigenvalue weighted by atomic mass is 16.5. The monoisotopic (exact) mass is 226 g/mol. The number of methoxy groups -OCH3 is 2. The molecule has 0 saturated heterocycles. The van der Waals surface area contributed by atoms with Crippen LogP contribution in [0.1, 0.15) is 12.8 Å². The molecule has 0 radical (unpaired) electrons. The van der Waals surface area contributed by atoms with Crippen LogP contribution in [0.4, 0.5) is 0 Å². The Morgan fingerprint density at radius 3 is 2.69 bits per heavy atom. The van der Waals surface area contributed by atoms with Crippen molar-refractivity contribution in [1.29, 1.82) is 0 Å². The van der Waals surface area contributed by atoms with Crippen molar-refractivity contribution < 1.29 is 9.47 Å². The third kappa shape index (κ3) is 3.96. The first kappa shape index (κ1) is 13.2. The molecule has 0 spiro atoms. The quantitative estimate of drug-likeness (QED) is 0.630. The predicted molar refractivity (Wildman–Crippen MR) is 65.1 cm³/mol. The number of rotatable bonds is 7. The van der Waals surface area contributed by atoms with Gasteiger partial charge in [0.25, 0.3) is 0 Å². The van der Waals surface area contributed by atoms with E-state index in [2.05, 4.69) is 17.5 Å². The van der Waals surface area contributed by atoms with Crippen LogP contribution in [0, 0.1) is 0 Å². The van der Waals surface area contributed by atoms with E-state index in [9.17, 15) is 0 Å². The van der Waals surface area contributed by atoms with Crippen LogP contribution in [0.15, 0.2) is 23.9 Å². The van der Waals surface area contributed by atoms with Crippen LogP contribution in [0.3, 0.4) is 0 Å². The maximum atomic E-state index is 5.73. The summed E-state index contributed by atoms with van der Waals surface area (Å²) < 4.78 is 10.2. The smallest absolute Gasteiger partial charge is 0.0587 e. The first-order chi connectivity index (χ1) is 7.72. The van der Waals surface area contributed by atoms with Gasteiger partial charge in [-0.3, -0.25) is 0 Å².